The first-order chi connectivity index (χ1) is 16.9. The van der Waals surface area contributed by atoms with Gasteiger partial charge in [-0.25, -0.2) is 8.42 Å². The Bertz CT molecular complexity index is 1420. The Kier molecular flexibility index (Phi) is 7.11. The van der Waals surface area contributed by atoms with Crippen molar-refractivity contribution < 1.29 is 8.42 Å². The first kappa shape index (κ1) is 24.0. The summed E-state index contributed by atoms with van der Waals surface area (Å²) in [7, 11) is -3.89. The van der Waals surface area contributed by atoms with Gasteiger partial charge in [-0.1, -0.05) is 54.6 Å². The van der Waals surface area contributed by atoms with Crippen molar-refractivity contribution in [2.75, 3.05) is 25.0 Å². The predicted octanol–water partition coefficient (Wildman–Crippen LogP) is 3.86. The van der Waals surface area contributed by atoms with E-state index in [4.69, 9.17) is 0 Å². The van der Waals surface area contributed by atoms with Gasteiger partial charge in [0.05, 0.1) is 22.6 Å². The Balaban J connectivity index is 1.69. The molecular formula is C26H24N6O2S. The molecule has 35 heavy (non-hydrogen) atoms. The maximum atomic E-state index is 13.7. The zero-order chi connectivity index (χ0) is 24.8. The normalized spacial score (nSPS) is 16.8. The lowest BCUT2D eigenvalue weighted by molar-refractivity contribution is 0.194. The molecule has 0 saturated carbocycles. The first-order valence-electron chi connectivity index (χ1n) is 11.1. The third kappa shape index (κ3) is 5.17. The van der Waals surface area contributed by atoms with Crippen molar-refractivity contribution >= 4 is 21.7 Å². The van der Waals surface area contributed by atoms with Crippen LogP contribution in [0.1, 0.15) is 22.7 Å². The standard InChI is InChI=1S/C26H24N6O2S/c1-20-8-5-6-13-24(20)30-26(29-19-28)31-14-15-32(25(18-31)22-10-3-2-4-11-22)35(33,34)23-12-7-9-21(16-23)17-27/h2-13,16,25H,14-15,18H2,1H3,(H,29,30). The monoisotopic (exact) mass is 484 g/mol. The number of hydrogen-bond acceptors (Lipinski definition) is 5. The third-order valence-electron chi connectivity index (χ3n) is 5.93. The Morgan fingerprint density at radius 2 is 1.74 bits per heavy atom. The molecule has 0 aromatic heterocycles. The summed E-state index contributed by atoms with van der Waals surface area (Å²) >= 11 is 0. The van der Waals surface area contributed by atoms with Crippen LogP contribution in [0.5, 0.6) is 0 Å². The number of para-hydroxylation sites is 1. The Hall–Kier alpha value is -4.18. The number of nitrogens with one attached hydrogen (secondary N) is 1. The van der Waals surface area contributed by atoms with E-state index in [0.29, 0.717) is 19.0 Å². The first-order valence-corrected chi connectivity index (χ1v) is 12.5. The van der Waals surface area contributed by atoms with Crippen LogP contribution in [0.2, 0.25) is 0 Å². The minimum atomic E-state index is -3.89. The molecule has 3 aromatic carbocycles. The molecule has 0 spiro atoms. The minimum absolute atomic E-state index is 0.0786. The van der Waals surface area contributed by atoms with E-state index >= 15 is 0 Å². The molecule has 9 heteroatoms. The van der Waals surface area contributed by atoms with Gasteiger partial charge in [-0.3, -0.25) is 0 Å². The van der Waals surface area contributed by atoms with Crippen LogP contribution in [-0.2, 0) is 10.0 Å². The molecular weight excluding hydrogens is 460 g/mol. The van der Waals surface area contributed by atoms with Gasteiger partial charge in [0.2, 0.25) is 22.2 Å². The van der Waals surface area contributed by atoms with E-state index in [2.05, 4.69) is 10.3 Å². The summed E-state index contributed by atoms with van der Waals surface area (Å²) < 4.78 is 28.8. The molecule has 1 fully saturated rings. The molecule has 1 heterocycles. The van der Waals surface area contributed by atoms with Crippen LogP contribution in [0.15, 0.2) is 88.8 Å². The SMILES string of the molecule is Cc1ccccc1N/C(=N/C#N)N1CCN(S(=O)(=O)c2cccc(C#N)c2)C(c2ccccc2)C1. The van der Waals surface area contributed by atoms with Gasteiger partial charge in [0, 0.05) is 25.3 Å². The molecule has 176 valence electrons. The van der Waals surface area contributed by atoms with Crippen molar-refractivity contribution in [2.45, 2.75) is 17.9 Å². The summed E-state index contributed by atoms with van der Waals surface area (Å²) in [6, 6.07) is 24.6. The van der Waals surface area contributed by atoms with Crippen molar-refractivity contribution in [3.63, 3.8) is 0 Å². The van der Waals surface area contributed by atoms with Gasteiger partial charge in [-0.2, -0.15) is 14.8 Å². The molecule has 1 aliphatic heterocycles. The van der Waals surface area contributed by atoms with Crippen molar-refractivity contribution in [1.29, 1.82) is 10.5 Å². The van der Waals surface area contributed by atoms with E-state index in [9.17, 15) is 18.9 Å². The van der Waals surface area contributed by atoms with Crippen LogP contribution in [0, 0.1) is 29.7 Å². The summed E-state index contributed by atoms with van der Waals surface area (Å²) in [6.07, 6.45) is 1.86. The average Bonchev–Trinajstić information content (AvgIpc) is 2.90. The van der Waals surface area contributed by atoms with Crippen LogP contribution in [0.3, 0.4) is 0 Å². The third-order valence-corrected chi connectivity index (χ3v) is 7.84. The average molecular weight is 485 g/mol. The van der Waals surface area contributed by atoms with E-state index in [1.165, 1.54) is 16.4 Å². The minimum Gasteiger partial charge on any atom is -0.339 e. The van der Waals surface area contributed by atoms with E-state index < -0.39 is 16.1 Å². The highest BCUT2D eigenvalue weighted by Gasteiger charge is 2.38. The van der Waals surface area contributed by atoms with Gasteiger partial charge in [-0.15, -0.1) is 4.99 Å². The highest BCUT2D eigenvalue weighted by atomic mass is 32.2. The number of aryl methyl sites for hydroxylation is 1. The molecule has 0 aliphatic carbocycles. The molecule has 1 saturated heterocycles. The fourth-order valence-electron chi connectivity index (χ4n) is 4.11. The van der Waals surface area contributed by atoms with Gasteiger partial charge in [0.15, 0.2) is 0 Å². The van der Waals surface area contributed by atoms with Crippen LogP contribution in [0.25, 0.3) is 0 Å². The van der Waals surface area contributed by atoms with Crippen molar-refractivity contribution in [2.24, 2.45) is 4.99 Å². The topological polar surface area (TPSA) is 113 Å². The van der Waals surface area contributed by atoms with Crippen LogP contribution in [0.4, 0.5) is 5.69 Å². The van der Waals surface area contributed by atoms with E-state index in [1.54, 1.807) is 12.1 Å². The lowest BCUT2D eigenvalue weighted by atomic mass is 10.0. The summed E-state index contributed by atoms with van der Waals surface area (Å²) in [4.78, 5) is 5.99. The lowest BCUT2D eigenvalue weighted by Crippen LogP contribution is -2.53. The second-order valence-corrected chi connectivity index (χ2v) is 9.99. The number of aliphatic imine (C=N–C) groups is 1. The predicted molar refractivity (Wildman–Crippen MR) is 134 cm³/mol. The summed E-state index contributed by atoms with van der Waals surface area (Å²) in [6.45, 7) is 2.76. The molecule has 0 bridgehead atoms. The van der Waals surface area contributed by atoms with Crippen LogP contribution >= 0.6 is 0 Å². The van der Waals surface area contributed by atoms with E-state index in [1.807, 2.05) is 78.7 Å². The van der Waals surface area contributed by atoms with Crippen molar-refractivity contribution in [3.05, 3.63) is 95.6 Å². The highest BCUT2D eigenvalue weighted by Crippen LogP contribution is 2.32. The Morgan fingerprint density at radius 3 is 2.46 bits per heavy atom. The Labute approximate surface area is 205 Å². The van der Waals surface area contributed by atoms with Crippen LogP contribution in [-0.4, -0.2) is 43.2 Å². The number of hydrogen-bond donors (Lipinski definition) is 1. The van der Waals surface area contributed by atoms with Crippen molar-refractivity contribution in [3.8, 4) is 12.3 Å². The smallest absolute Gasteiger partial charge is 0.243 e. The number of benzene rings is 3. The Morgan fingerprint density at radius 1 is 1.00 bits per heavy atom. The fraction of sp³-hybridized carbons (Fsp3) is 0.192. The summed E-state index contributed by atoms with van der Waals surface area (Å²) in [5.41, 5.74) is 2.92. The maximum Gasteiger partial charge on any atom is 0.243 e. The van der Waals surface area contributed by atoms with E-state index in [0.717, 1.165) is 16.8 Å². The van der Waals surface area contributed by atoms with Gasteiger partial charge >= 0.3 is 0 Å². The molecule has 1 aliphatic rings. The largest absolute Gasteiger partial charge is 0.339 e. The van der Waals surface area contributed by atoms with Crippen LogP contribution < -0.4 is 5.32 Å². The zero-order valence-corrected chi connectivity index (χ0v) is 20.0. The quantitative estimate of drug-likeness (QED) is 0.342. The van der Waals surface area contributed by atoms with Gasteiger partial charge < -0.3 is 10.2 Å². The number of anilines is 1. The number of nitrogens with zero attached hydrogens (tertiary/aromatic N) is 5. The molecule has 1 N–H and O–H groups in total. The molecule has 0 amide bonds. The molecule has 8 nitrogen and oxygen atoms in total. The molecule has 1 unspecified atom stereocenters. The van der Waals surface area contributed by atoms with E-state index in [-0.39, 0.29) is 17.0 Å². The molecule has 3 aromatic rings. The zero-order valence-electron chi connectivity index (χ0n) is 19.2. The number of guanidine groups is 1. The van der Waals surface area contributed by atoms with Gasteiger partial charge in [0.1, 0.15) is 0 Å². The van der Waals surface area contributed by atoms with Gasteiger partial charge in [0.25, 0.3) is 0 Å². The second kappa shape index (κ2) is 10.4. The lowest BCUT2D eigenvalue weighted by Gasteiger charge is -2.41. The number of rotatable bonds is 4. The molecule has 0 radical (unpaired) electrons. The van der Waals surface area contributed by atoms with Gasteiger partial charge in [-0.05, 0) is 42.3 Å². The maximum absolute atomic E-state index is 13.7. The summed E-state index contributed by atoms with van der Waals surface area (Å²) in [5.74, 6) is 0.367. The van der Waals surface area contributed by atoms with Crippen molar-refractivity contribution in [1.82, 2.24) is 9.21 Å². The fourth-order valence-corrected chi connectivity index (χ4v) is 5.76. The number of piperazine rings is 1. The number of nitriles is 2. The molecule has 4 rings (SSSR count). The number of sulfonamides is 1. The molecule has 1 atom stereocenters. The highest BCUT2D eigenvalue weighted by molar-refractivity contribution is 7.89. The summed E-state index contributed by atoms with van der Waals surface area (Å²) in [5, 5.41) is 21.8. The second-order valence-electron chi connectivity index (χ2n) is 8.10.